The minimum absolute atomic E-state index is 0.0626. The maximum atomic E-state index is 11.7. The first-order valence-corrected chi connectivity index (χ1v) is 16.2. The molecule has 0 aliphatic carbocycles. The normalized spacial score (nSPS) is 15.1. The Balaban J connectivity index is 4.35. The molecule has 0 spiro atoms. The van der Waals surface area contributed by atoms with Gasteiger partial charge in [0.1, 0.15) is 22.1 Å². The van der Waals surface area contributed by atoms with Gasteiger partial charge >= 0.3 is 0 Å². The largest absolute Gasteiger partial charge is 0.298 e. The highest BCUT2D eigenvalue weighted by atomic mass is 32.2. The monoisotopic (exact) mass is 574 g/mol. The Bertz CT molecular complexity index is 1010. The van der Waals surface area contributed by atoms with Crippen LogP contribution in [0.4, 0.5) is 0 Å². The summed E-state index contributed by atoms with van der Waals surface area (Å²) in [5, 5.41) is -3.20. The minimum Gasteiger partial charge on any atom is -0.298 e. The van der Waals surface area contributed by atoms with Crippen molar-refractivity contribution in [1.29, 1.82) is 0 Å². The predicted molar refractivity (Wildman–Crippen MR) is 119 cm³/mol. The molecule has 0 aromatic carbocycles. The molecule has 0 fully saturated rings. The van der Waals surface area contributed by atoms with E-state index in [0.29, 0.717) is 0 Å². The fourth-order valence-corrected chi connectivity index (χ4v) is 6.54. The van der Waals surface area contributed by atoms with Gasteiger partial charge < -0.3 is 0 Å². The molecule has 0 bridgehead atoms. The van der Waals surface area contributed by atoms with E-state index in [0.717, 1.165) is 13.8 Å². The van der Waals surface area contributed by atoms with Crippen molar-refractivity contribution < 1.29 is 61.0 Å². The van der Waals surface area contributed by atoms with Gasteiger partial charge in [0.25, 0.3) is 40.5 Å². The number of ketones is 2. The summed E-state index contributed by atoms with van der Waals surface area (Å²) < 4.78 is 117. The molecule has 18 heteroatoms. The van der Waals surface area contributed by atoms with Crippen LogP contribution in [0.2, 0.25) is 0 Å². The van der Waals surface area contributed by atoms with Crippen LogP contribution < -0.4 is 0 Å². The highest BCUT2D eigenvalue weighted by Gasteiger charge is 2.28. The molecule has 0 rings (SSSR count). The Labute approximate surface area is 200 Å². The second-order valence-corrected chi connectivity index (χ2v) is 14.1. The van der Waals surface area contributed by atoms with E-state index in [9.17, 15) is 43.3 Å². The van der Waals surface area contributed by atoms with Crippen molar-refractivity contribution in [3.05, 3.63) is 0 Å². The Kier molecular flexibility index (Phi) is 13.5. The molecular weight excluding hydrogens is 544 g/mol. The van der Waals surface area contributed by atoms with Crippen LogP contribution in [-0.4, -0.2) is 76.3 Å². The lowest BCUT2D eigenvalue weighted by molar-refractivity contribution is -0.117. The Hall–Kier alpha value is -1.02. The minimum atomic E-state index is -4.56. The molecule has 0 heterocycles. The molecule has 202 valence electrons. The van der Waals surface area contributed by atoms with Crippen LogP contribution >= 0.6 is 0 Å². The van der Waals surface area contributed by atoms with E-state index >= 15 is 0 Å². The molecule has 2 atom stereocenters. The number of hydrogen-bond acceptors (Lipinski definition) is 12. The third kappa shape index (κ3) is 14.4. The number of unbranched alkanes of at least 4 members (excludes halogenated alkanes) is 4. The van der Waals surface area contributed by atoms with Crippen molar-refractivity contribution in [2.24, 2.45) is 0 Å². The first-order chi connectivity index (χ1) is 15.3. The Morgan fingerprint density at radius 2 is 0.882 bits per heavy atom. The summed E-state index contributed by atoms with van der Waals surface area (Å²) >= 11 is 0. The molecule has 0 saturated heterocycles. The summed E-state index contributed by atoms with van der Waals surface area (Å²) in [6, 6.07) is 0. The molecule has 0 saturated carbocycles. The summed E-state index contributed by atoms with van der Waals surface area (Å²) in [6.07, 6.45) is -0.0744. The SMILES string of the molecule is CC(=O)C(CCCCCS(=O)(=O)OOS(=O)(=O)CCCCCC(C(C)=O)S(=O)(=O)O)S(=O)(=O)O. The van der Waals surface area contributed by atoms with Gasteiger partial charge in [-0.1, -0.05) is 34.4 Å². The van der Waals surface area contributed by atoms with Gasteiger partial charge in [0, 0.05) is 0 Å². The predicted octanol–water partition coefficient (Wildman–Crippen LogP) is 0.406. The van der Waals surface area contributed by atoms with Gasteiger partial charge in [-0.15, -0.1) is 0 Å². The van der Waals surface area contributed by atoms with Crippen molar-refractivity contribution in [1.82, 2.24) is 0 Å². The zero-order chi connectivity index (χ0) is 26.8. The molecule has 2 N–H and O–H groups in total. The number of carbonyl (C=O) groups is 2. The summed E-state index contributed by atoms with van der Waals surface area (Å²) in [7, 11) is -17.9. The van der Waals surface area contributed by atoms with Crippen molar-refractivity contribution >= 4 is 52.0 Å². The molecule has 2 unspecified atom stereocenters. The quantitative estimate of drug-likeness (QED) is 0.0921. The van der Waals surface area contributed by atoms with Gasteiger partial charge in [-0.25, -0.2) is 0 Å². The molecule has 0 aliphatic heterocycles. The number of carbonyl (C=O) groups excluding carboxylic acids is 2. The van der Waals surface area contributed by atoms with Crippen molar-refractivity contribution in [2.75, 3.05) is 11.5 Å². The molecule has 0 aromatic rings. The van der Waals surface area contributed by atoms with E-state index in [2.05, 4.69) is 8.67 Å². The second-order valence-electron chi connectivity index (χ2n) is 7.59. The van der Waals surface area contributed by atoms with E-state index in [1.165, 1.54) is 0 Å². The van der Waals surface area contributed by atoms with Crippen LogP contribution in [0.3, 0.4) is 0 Å². The van der Waals surface area contributed by atoms with Crippen LogP contribution in [0.5, 0.6) is 0 Å². The van der Waals surface area contributed by atoms with E-state index in [1.807, 2.05) is 0 Å². The second kappa shape index (κ2) is 13.9. The summed E-state index contributed by atoms with van der Waals surface area (Å²) in [5.41, 5.74) is 0. The average Bonchev–Trinajstić information content (AvgIpc) is 2.63. The lowest BCUT2D eigenvalue weighted by atomic mass is 10.1. The van der Waals surface area contributed by atoms with Crippen LogP contribution in [0.1, 0.15) is 65.2 Å². The Morgan fingerprint density at radius 1 is 0.588 bits per heavy atom. The maximum Gasteiger partial charge on any atom is 0.294 e. The maximum absolute atomic E-state index is 11.7. The third-order valence-corrected chi connectivity index (χ3v) is 9.37. The molecule has 0 aliphatic rings. The van der Waals surface area contributed by atoms with Gasteiger partial charge in [-0.3, -0.25) is 18.7 Å². The van der Waals surface area contributed by atoms with Crippen LogP contribution in [-0.2, 0) is 58.7 Å². The highest BCUT2D eigenvalue weighted by molar-refractivity contribution is 7.89. The van der Waals surface area contributed by atoms with Crippen LogP contribution in [0.25, 0.3) is 0 Å². The lowest BCUT2D eigenvalue weighted by Crippen LogP contribution is -2.27. The van der Waals surface area contributed by atoms with Crippen molar-refractivity contribution in [2.45, 2.75) is 75.7 Å². The zero-order valence-corrected chi connectivity index (χ0v) is 21.9. The third-order valence-electron chi connectivity index (χ3n) is 4.58. The van der Waals surface area contributed by atoms with E-state index in [4.69, 9.17) is 9.11 Å². The number of hydrogen-bond donors (Lipinski definition) is 2. The molecule has 0 radical (unpaired) electrons. The van der Waals surface area contributed by atoms with Gasteiger partial charge in [-0.05, 0) is 39.5 Å². The highest BCUT2D eigenvalue weighted by Crippen LogP contribution is 2.15. The molecule has 0 aromatic heterocycles. The van der Waals surface area contributed by atoms with Gasteiger partial charge in [0.15, 0.2) is 0 Å². The fraction of sp³-hybridized carbons (Fsp3) is 0.875. The van der Waals surface area contributed by atoms with Crippen molar-refractivity contribution in [3.63, 3.8) is 0 Å². The Morgan fingerprint density at radius 3 is 1.12 bits per heavy atom. The fourth-order valence-electron chi connectivity index (χ4n) is 2.85. The first kappa shape index (κ1) is 33.0. The molecule has 0 amide bonds. The number of Topliss-reactive ketones (excluding diaryl/α,β-unsaturated/α-hetero) is 2. The van der Waals surface area contributed by atoms with Crippen molar-refractivity contribution in [3.8, 4) is 0 Å². The smallest absolute Gasteiger partial charge is 0.294 e. The van der Waals surface area contributed by atoms with Crippen LogP contribution in [0, 0.1) is 0 Å². The molecule has 14 nitrogen and oxygen atoms in total. The molecular formula is C16H30O14S4. The topological polar surface area (TPSA) is 230 Å². The summed E-state index contributed by atoms with van der Waals surface area (Å²) in [6.45, 7) is 1.99. The standard InChI is InChI=1S/C16H30O14S4/c1-13(17)15(33(23,24)25)9-5-3-7-11-31(19,20)29-30-32(21,22)12-8-4-6-10-16(14(2)18)34(26,27)28/h15-16H,3-12H2,1-2H3,(H,23,24,25)(H,26,27,28). The van der Waals surface area contributed by atoms with Gasteiger partial charge in [-0.2, -0.15) is 33.7 Å². The first-order valence-electron chi connectivity index (χ1n) is 10.0. The molecule has 34 heavy (non-hydrogen) atoms. The average molecular weight is 575 g/mol. The van der Waals surface area contributed by atoms with E-state index in [1.54, 1.807) is 0 Å². The summed E-state index contributed by atoms with van der Waals surface area (Å²) in [5.74, 6) is -2.81. The van der Waals surface area contributed by atoms with Crippen LogP contribution in [0.15, 0.2) is 0 Å². The zero-order valence-electron chi connectivity index (χ0n) is 18.7. The van der Waals surface area contributed by atoms with E-state index in [-0.39, 0.29) is 51.4 Å². The number of rotatable bonds is 19. The van der Waals surface area contributed by atoms with Gasteiger partial charge in [0.05, 0.1) is 11.5 Å². The lowest BCUT2D eigenvalue weighted by Gasteiger charge is -2.10. The van der Waals surface area contributed by atoms with E-state index < -0.39 is 74.0 Å². The summed E-state index contributed by atoms with van der Waals surface area (Å²) in [4.78, 5) is 22.4. The van der Waals surface area contributed by atoms with Gasteiger partial charge in [0.2, 0.25) is 0 Å².